The third-order valence-electron chi connectivity index (χ3n) is 4.06. The molecular formula is C17H24N2OS. The van der Waals surface area contributed by atoms with Crippen LogP contribution in [0.5, 0.6) is 5.75 Å². The smallest absolute Gasteiger partial charge is 0.122 e. The summed E-state index contributed by atoms with van der Waals surface area (Å²) in [6.07, 6.45) is 1.02. The number of hydrogen-bond donors (Lipinski definition) is 2. The lowest BCUT2D eigenvalue weighted by Crippen LogP contribution is -2.30. The Labute approximate surface area is 131 Å². The monoisotopic (exact) mass is 304 g/mol. The summed E-state index contributed by atoms with van der Waals surface area (Å²) < 4.78 is 0. The lowest BCUT2D eigenvalue weighted by Gasteiger charge is -2.27. The van der Waals surface area contributed by atoms with Crippen LogP contribution in [0.2, 0.25) is 0 Å². The molecule has 0 aliphatic heterocycles. The van der Waals surface area contributed by atoms with E-state index in [4.69, 9.17) is 0 Å². The maximum Gasteiger partial charge on any atom is 0.122 e. The van der Waals surface area contributed by atoms with Gasteiger partial charge in [0.1, 0.15) is 5.75 Å². The largest absolute Gasteiger partial charge is 0.508 e. The van der Waals surface area contributed by atoms with Gasteiger partial charge in [0.05, 0.1) is 0 Å². The molecule has 21 heavy (non-hydrogen) atoms. The van der Waals surface area contributed by atoms with Gasteiger partial charge in [-0.15, -0.1) is 11.3 Å². The quantitative estimate of drug-likeness (QED) is 0.852. The Morgan fingerprint density at radius 1 is 1.29 bits per heavy atom. The molecule has 1 heterocycles. The van der Waals surface area contributed by atoms with Crippen LogP contribution in [0.4, 0.5) is 5.69 Å². The number of hydrogen-bond acceptors (Lipinski definition) is 4. The van der Waals surface area contributed by atoms with Crippen LogP contribution < -0.4 is 10.2 Å². The van der Waals surface area contributed by atoms with Crippen molar-refractivity contribution >= 4 is 17.0 Å². The van der Waals surface area contributed by atoms with Crippen molar-refractivity contribution < 1.29 is 5.11 Å². The van der Waals surface area contributed by atoms with Gasteiger partial charge in [-0.1, -0.05) is 12.1 Å². The van der Waals surface area contributed by atoms with E-state index in [9.17, 15) is 5.11 Å². The molecule has 0 spiro atoms. The molecule has 2 atom stereocenters. The Morgan fingerprint density at radius 2 is 2.05 bits per heavy atom. The summed E-state index contributed by atoms with van der Waals surface area (Å²) in [6.45, 7) is 4.25. The van der Waals surface area contributed by atoms with E-state index in [0.29, 0.717) is 11.8 Å². The summed E-state index contributed by atoms with van der Waals surface area (Å²) >= 11 is 1.79. The molecule has 2 rings (SSSR count). The van der Waals surface area contributed by atoms with Gasteiger partial charge < -0.3 is 15.3 Å². The van der Waals surface area contributed by atoms with Gasteiger partial charge in [0.15, 0.2) is 0 Å². The average Bonchev–Trinajstić information content (AvgIpc) is 2.98. The molecule has 0 aliphatic rings. The van der Waals surface area contributed by atoms with Crippen LogP contribution in [0.15, 0.2) is 35.7 Å². The molecule has 0 bridgehead atoms. The van der Waals surface area contributed by atoms with Crippen LogP contribution in [0, 0.1) is 0 Å². The molecule has 0 saturated heterocycles. The number of anilines is 1. The van der Waals surface area contributed by atoms with Gasteiger partial charge in [-0.25, -0.2) is 0 Å². The highest BCUT2D eigenvalue weighted by Crippen LogP contribution is 2.29. The standard InChI is InChI=1S/C17H24N2OS/c1-12(10-15-6-5-9-21-15)19(4)14-7-8-16(13(2)18-3)17(20)11-14/h5-9,11-13,18,20H,10H2,1-4H3. The maximum absolute atomic E-state index is 10.2. The third-order valence-corrected chi connectivity index (χ3v) is 4.96. The number of aromatic hydroxyl groups is 1. The van der Waals surface area contributed by atoms with Crippen LogP contribution in [-0.4, -0.2) is 25.2 Å². The molecule has 0 radical (unpaired) electrons. The first kappa shape index (κ1) is 15.9. The molecular weight excluding hydrogens is 280 g/mol. The van der Waals surface area contributed by atoms with Gasteiger partial charge >= 0.3 is 0 Å². The fraction of sp³-hybridized carbons (Fsp3) is 0.412. The SMILES string of the molecule is CNC(C)c1ccc(N(C)C(C)Cc2cccs2)cc1O. The molecule has 4 heteroatoms. The summed E-state index contributed by atoms with van der Waals surface area (Å²) in [6, 6.07) is 10.7. The Balaban J connectivity index is 2.12. The number of phenols is 1. The Hall–Kier alpha value is -1.52. The zero-order valence-electron chi connectivity index (χ0n) is 13.1. The number of benzene rings is 1. The Bertz CT molecular complexity index is 568. The number of nitrogens with zero attached hydrogens (tertiary/aromatic N) is 1. The molecule has 114 valence electrons. The molecule has 0 saturated carbocycles. The minimum atomic E-state index is 0.146. The summed E-state index contributed by atoms with van der Waals surface area (Å²) in [4.78, 5) is 3.60. The highest BCUT2D eigenvalue weighted by Gasteiger charge is 2.14. The van der Waals surface area contributed by atoms with E-state index in [-0.39, 0.29) is 6.04 Å². The summed E-state index contributed by atoms with van der Waals surface area (Å²) in [7, 11) is 3.97. The number of thiophene rings is 1. The molecule has 2 N–H and O–H groups in total. The number of nitrogens with one attached hydrogen (secondary N) is 1. The van der Waals surface area contributed by atoms with E-state index in [1.165, 1.54) is 4.88 Å². The van der Waals surface area contributed by atoms with Crippen molar-refractivity contribution in [1.82, 2.24) is 5.32 Å². The van der Waals surface area contributed by atoms with Gasteiger partial charge in [0.2, 0.25) is 0 Å². The van der Waals surface area contributed by atoms with E-state index < -0.39 is 0 Å². The predicted octanol–water partition coefficient (Wildman–Crippen LogP) is 3.80. The molecule has 0 amide bonds. The first-order valence-electron chi connectivity index (χ1n) is 7.28. The topological polar surface area (TPSA) is 35.5 Å². The van der Waals surface area contributed by atoms with Crippen molar-refractivity contribution in [3.8, 4) is 5.75 Å². The normalized spacial score (nSPS) is 13.9. The van der Waals surface area contributed by atoms with Crippen molar-refractivity contribution in [2.75, 3.05) is 19.0 Å². The minimum absolute atomic E-state index is 0.146. The summed E-state index contributed by atoms with van der Waals surface area (Å²) in [5.74, 6) is 0.351. The van der Waals surface area contributed by atoms with Crippen LogP contribution in [0.25, 0.3) is 0 Å². The average molecular weight is 304 g/mol. The molecule has 2 aromatic rings. The fourth-order valence-electron chi connectivity index (χ4n) is 2.38. The van der Waals surface area contributed by atoms with Gasteiger partial charge in [-0.3, -0.25) is 0 Å². The van der Waals surface area contributed by atoms with Crippen molar-refractivity contribution in [2.24, 2.45) is 0 Å². The molecule has 3 nitrogen and oxygen atoms in total. The first-order chi connectivity index (χ1) is 10.0. The second-order valence-corrected chi connectivity index (χ2v) is 6.53. The lowest BCUT2D eigenvalue weighted by atomic mass is 10.1. The van der Waals surface area contributed by atoms with Crippen molar-refractivity contribution in [2.45, 2.75) is 32.4 Å². The van der Waals surface area contributed by atoms with E-state index in [2.05, 4.69) is 47.8 Å². The van der Waals surface area contributed by atoms with Gasteiger partial charge in [0, 0.05) is 47.7 Å². The lowest BCUT2D eigenvalue weighted by molar-refractivity contribution is 0.457. The predicted molar refractivity (Wildman–Crippen MR) is 91.5 cm³/mol. The zero-order chi connectivity index (χ0) is 15.4. The van der Waals surface area contributed by atoms with Crippen LogP contribution in [0.1, 0.15) is 30.3 Å². The molecule has 1 aromatic heterocycles. The van der Waals surface area contributed by atoms with Crippen molar-refractivity contribution in [3.63, 3.8) is 0 Å². The molecule has 1 aromatic carbocycles. The van der Waals surface area contributed by atoms with Gasteiger partial charge in [0.25, 0.3) is 0 Å². The number of phenolic OH excluding ortho intramolecular Hbond substituents is 1. The number of rotatable bonds is 6. The second-order valence-electron chi connectivity index (χ2n) is 5.50. The first-order valence-corrected chi connectivity index (χ1v) is 8.16. The van der Waals surface area contributed by atoms with Crippen LogP contribution in [-0.2, 0) is 6.42 Å². The third kappa shape index (κ3) is 3.77. The fourth-order valence-corrected chi connectivity index (χ4v) is 3.21. The van der Waals surface area contributed by atoms with Crippen LogP contribution >= 0.6 is 11.3 Å². The Kier molecular flexibility index (Phi) is 5.26. The van der Waals surface area contributed by atoms with E-state index >= 15 is 0 Å². The van der Waals surface area contributed by atoms with Gasteiger partial charge in [-0.05, 0) is 38.4 Å². The summed E-state index contributed by atoms with van der Waals surface area (Å²) in [5, 5.41) is 15.5. The Morgan fingerprint density at radius 3 is 2.62 bits per heavy atom. The van der Waals surface area contributed by atoms with E-state index in [0.717, 1.165) is 17.7 Å². The zero-order valence-corrected chi connectivity index (χ0v) is 13.9. The van der Waals surface area contributed by atoms with E-state index in [1.54, 1.807) is 11.3 Å². The number of likely N-dealkylation sites (N-methyl/N-ethyl adjacent to an activating group) is 1. The van der Waals surface area contributed by atoms with Crippen LogP contribution in [0.3, 0.4) is 0 Å². The maximum atomic E-state index is 10.2. The van der Waals surface area contributed by atoms with Gasteiger partial charge in [-0.2, -0.15) is 0 Å². The second kappa shape index (κ2) is 6.96. The van der Waals surface area contributed by atoms with Crippen molar-refractivity contribution in [1.29, 1.82) is 0 Å². The highest BCUT2D eigenvalue weighted by molar-refractivity contribution is 7.09. The summed E-state index contributed by atoms with van der Waals surface area (Å²) in [5.41, 5.74) is 1.98. The highest BCUT2D eigenvalue weighted by atomic mass is 32.1. The molecule has 0 fully saturated rings. The van der Waals surface area contributed by atoms with E-state index in [1.807, 2.05) is 26.1 Å². The van der Waals surface area contributed by atoms with Crippen molar-refractivity contribution in [3.05, 3.63) is 46.2 Å². The molecule has 2 unspecified atom stereocenters. The minimum Gasteiger partial charge on any atom is -0.508 e. The molecule has 0 aliphatic carbocycles.